The lowest BCUT2D eigenvalue weighted by atomic mass is 10.0. The van der Waals surface area contributed by atoms with E-state index in [2.05, 4.69) is 25.4 Å². The zero-order valence-corrected chi connectivity index (χ0v) is 18.8. The highest BCUT2D eigenvalue weighted by atomic mass is 35.5. The molecule has 0 spiro atoms. The molecular formula is C22H20ClFN8O2. The van der Waals surface area contributed by atoms with Gasteiger partial charge < -0.3 is 9.64 Å². The summed E-state index contributed by atoms with van der Waals surface area (Å²) >= 11 is 6.27. The number of hydrogen-bond acceptors (Lipinski definition) is 8. The summed E-state index contributed by atoms with van der Waals surface area (Å²) < 4.78 is 21.3. The molecule has 0 N–H and O–H groups in total. The molecule has 0 radical (unpaired) electrons. The number of hydrogen-bond donors (Lipinski definition) is 0. The second-order valence-corrected chi connectivity index (χ2v) is 8.56. The number of morpholine rings is 1. The van der Waals surface area contributed by atoms with E-state index in [4.69, 9.17) is 16.3 Å². The van der Waals surface area contributed by atoms with Crippen LogP contribution in [0.15, 0.2) is 36.8 Å². The zero-order valence-electron chi connectivity index (χ0n) is 18.0. The highest BCUT2D eigenvalue weighted by Gasteiger charge is 2.36. The van der Waals surface area contributed by atoms with Gasteiger partial charge in [-0.1, -0.05) is 17.7 Å². The Morgan fingerprint density at radius 2 is 2.15 bits per heavy atom. The Balaban J connectivity index is 1.19. The van der Waals surface area contributed by atoms with E-state index in [1.54, 1.807) is 18.3 Å². The summed E-state index contributed by atoms with van der Waals surface area (Å²) in [6.45, 7) is 2.79. The van der Waals surface area contributed by atoms with Crippen LogP contribution >= 0.6 is 11.6 Å². The van der Waals surface area contributed by atoms with Crippen LogP contribution < -0.4 is 0 Å². The predicted octanol–water partition coefficient (Wildman–Crippen LogP) is 1.55. The lowest BCUT2D eigenvalue weighted by Gasteiger charge is -2.46. The molecule has 0 unspecified atom stereocenters. The van der Waals surface area contributed by atoms with Crippen LogP contribution in [0, 0.1) is 17.1 Å². The smallest absolute Gasteiger partial charge is 0.228 e. The third kappa shape index (κ3) is 4.35. The fraction of sp³-hybridized carbons (Fsp3) is 0.364. The lowest BCUT2D eigenvalue weighted by molar-refractivity contribution is -0.139. The van der Waals surface area contributed by atoms with Crippen LogP contribution in [0.25, 0.3) is 5.69 Å². The summed E-state index contributed by atoms with van der Waals surface area (Å²) in [6, 6.07) is 8.29. The fourth-order valence-corrected chi connectivity index (χ4v) is 4.64. The predicted molar refractivity (Wildman–Crippen MR) is 117 cm³/mol. The first kappa shape index (κ1) is 22.3. The largest absolute Gasteiger partial charge is 0.370 e. The Morgan fingerprint density at radius 1 is 1.26 bits per heavy atom. The number of rotatable bonds is 4. The van der Waals surface area contributed by atoms with E-state index in [-0.39, 0.29) is 35.1 Å². The highest BCUT2D eigenvalue weighted by Crippen LogP contribution is 2.34. The third-order valence-corrected chi connectivity index (χ3v) is 6.59. The number of nitriles is 1. The van der Waals surface area contributed by atoms with Crippen molar-refractivity contribution in [1.82, 2.24) is 35.0 Å². The van der Waals surface area contributed by atoms with Gasteiger partial charge in [0.05, 0.1) is 42.1 Å². The van der Waals surface area contributed by atoms with Crippen molar-refractivity contribution >= 4 is 17.5 Å². The van der Waals surface area contributed by atoms with E-state index < -0.39 is 5.82 Å². The van der Waals surface area contributed by atoms with Gasteiger partial charge in [0.25, 0.3) is 0 Å². The molecule has 4 heterocycles. The number of aromatic nitrogens is 5. The normalized spacial score (nSPS) is 20.6. The summed E-state index contributed by atoms with van der Waals surface area (Å²) in [6.07, 6.45) is 2.95. The zero-order chi connectivity index (χ0) is 23.7. The Hall–Kier alpha value is -3.46. The maximum Gasteiger partial charge on any atom is 0.228 e. The van der Waals surface area contributed by atoms with Gasteiger partial charge in [-0.25, -0.2) is 4.39 Å². The molecule has 2 atom stereocenters. The number of amides is 1. The first-order valence-electron chi connectivity index (χ1n) is 10.7. The molecule has 3 aromatic rings. The first-order valence-corrected chi connectivity index (χ1v) is 11.1. The summed E-state index contributed by atoms with van der Waals surface area (Å²) in [4.78, 5) is 21.3. The van der Waals surface area contributed by atoms with Crippen LogP contribution in [0.3, 0.4) is 0 Å². The Kier molecular flexibility index (Phi) is 6.19. The van der Waals surface area contributed by atoms with Gasteiger partial charge in [-0.05, 0) is 28.6 Å². The Morgan fingerprint density at radius 3 is 2.88 bits per heavy atom. The molecule has 1 aromatic carbocycles. The van der Waals surface area contributed by atoms with Gasteiger partial charge in [0.1, 0.15) is 23.8 Å². The molecule has 174 valence electrons. The van der Waals surface area contributed by atoms with Crippen molar-refractivity contribution in [1.29, 1.82) is 5.26 Å². The monoisotopic (exact) mass is 482 g/mol. The lowest BCUT2D eigenvalue weighted by Crippen LogP contribution is -2.59. The van der Waals surface area contributed by atoms with E-state index in [1.807, 2.05) is 17.0 Å². The molecule has 2 fully saturated rings. The van der Waals surface area contributed by atoms with Gasteiger partial charge in [-0.15, -0.1) is 5.10 Å². The van der Waals surface area contributed by atoms with Crippen molar-refractivity contribution in [3.8, 4) is 11.8 Å². The molecule has 12 heteroatoms. The molecule has 34 heavy (non-hydrogen) atoms. The number of ether oxygens (including phenoxy) is 1. The number of tetrazole rings is 1. The third-order valence-electron chi connectivity index (χ3n) is 6.18. The minimum Gasteiger partial charge on any atom is -0.370 e. The molecule has 2 aliphatic rings. The number of nitrogens with zero attached hydrogens (tertiary/aromatic N) is 8. The summed E-state index contributed by atoms with van der Waals surface area (Å²) in [7, 11) is 0. The van der Waals surface area contributed by atoms with Crippen molar-refractivity contribution in [3.63, 3.8) is 0 Å². The van der Waals surface area contributed by atoms with E-state index in [0.29, 0.717) is 49.7 Å². The van der Waals surface area contributed by atoms with Crippen molar-refractivity contribution in [2.24, 2.45) is 0 Å². The van der Waals surface area contributed by atoms with Crippen molar-refractivity contribution < 1.29 is 13.9 Å². The van der Waals surface area contributed by atoms with Crippen molar-refractivity contribution in [3.05, 3.63) is 64.5 Å². The van der Waals surface area contributed by atoms with E-state index in [1.165, 1.54) is 17.1 Å². The molecule has 2 saturated heterocycles. The Bertz CT molecular complexity index is 1230. The van der Waals surface area contributed by atoms with Gasteiger partial charge in [-0.3, -0.25) is 14.7 Å². The average Bonchev–Trinajstić information content (AvgIpc) is 3.39. The van der Waals surface area contributed by atoms with Crippen LogP contribution in [0.2, 0.25) is 5.02 Å². The number of piperazine rings is 1. The number of fused-ring (bicyclic) bond motifs is 1. The average molecular weight is 483 g/mol. The van der Waals surface area contributed by atoms with Gasteiger partial charge in [-0.2, -0.15) is 9.94 Å². The van der Waals surface area contributed by atoms with Gasteiger partial charge in [0.2, 0.25) is 5.91 Å². The summed E-state index contributed by atoms with van der Waals surface area (Å²) in [5, 5.41) is 20.3. The second-order valence-electron chi connectivity index (χ2n) is 8.19. The quantitative estimate of drug-likeness (QED) is 0.550. The summed E-state index contributed by atoms with van der Waals surface area (Å²) in [5.41, 5.74) is 1.82. The van der Waals surface area contributed by atoms with E-state index in [9.17, 15) is 14.4 Å². The van der Waals surface area contributed by atoms with Crippen LogP contribution in [-0.4, -0.2) is 79.7 Å². The fourth-order valence-electron chi connectivity index (χ4n) is 4.32. The molecule has 0 aliphatic carbocycles. The minimum absolute atomic E-state index is 0.00434. The molecule has 0 bridgehead atoms. The second kappa shape index (κ2) is 9.42. The van der Waals surface area contributed by atoms with Crippen molar-refractivity contribution in [2.45, 2.75) is 18.6 Å². The van der Waals surface area contributed by atoms with Crippen LogP contribution in [-0.2, 0) is 16.0 Å². The number of carbonyl (C=O) groups excluding carboxylic acids is 1. The standard InChI is InChI=1S/C22H20ClFN8O2/c23-22-17(3-4-19(24)18(22)8-25)20-11-30-5-6-31(10-16(30)12-34-20)21(33)7-14-1-2-15(9-26-14)32-13-27-28-29-32/h1-4,9,13,16,20H,5-7,10-12H2/t16-,20+/m0/s1. The van der Waals surface area contributed by atoms with Gasteiger partial charge >= 0.3 is 0 Å². The maximum absolute atomic E-state index is 13.8. The molecule has 0 saturated carbocycles. The number of benzene rings is 1. The molecule has 1 amide bonds. The topological polar surface area (TPSA) is 113 Å². The molecule has 10 nitrogen and oxygen atoms in total. The SMILES string of the molecule is N#Cc1c(F)ccc([C@H]2CN3CCN(C(=O)Cc4ccc(-n5cnnn5)cn4)C[C@H]3CO2)c1Cl. The molecular weight excluding hydrogens is 463 g/mol. The highest BCUT2D eigenvalue weighted by molar-refractivity contribution is 6.32. The van der Waals surface area contributed by atoms with Crippen molar-refractivity contribution in [2.75, 3.05) is 32.8 Å². The molecule has 2 aliphatic heterocycles. The number of pyridine rings is 1. The first-order chi connectivity index (χ1) is 16.5. The van der Waals surface area contributed by atoms with Crippen LogP contribution in [0.1, 0.15) is 22.9 Å². The van der Waals surface area contributed by atoms with E-state index >= 15 is 0 Å². The number of carbonyl (C=O) groups is 1. The van der Waals surface area contributed by atoms with Gasteiger partial charge in [0, 0.05) is 37.4 Å². The minimum atomic E-state index is -0.642. The van der Waals surface area contributed by atoms with E-state index in [0.717, 1.165) is 0 Å². The van der Waals surface area contributed by atoms with Crippen LogP contribution in [0.4, 0.5) is 4.39 Å². The Labute approximate surface area is 199 Å². The maximum atomic E-state index is 13.8. The molecule has 2 aromatic heterocycles. The summed E-state index contributed by atoms with van der Waals surface area (Å²) in [5.74, 6) is -0.638. The van der Waals surface area contributed by atoms with Gasteiger partial charge in [0.15, 0.2) is 0 Å². The van der Waals surface area contributed by atoms with Crippen LogP contribution in [0.5, 0.6) is 0 Å². The molecule has 5 rings (SSSR count). The number of halogens is 2.